The molecular formula is C16H25N2O2+. The average Bonchev–Trinajstić information content (AvgIpc) is 2.47. The standard InChI is InChI=1S/C16H25N2O2/c1-16(2,15(19)14-8-6-5-7-9-14)18(17(3)4)10-12-20-13-11-18/h5-9H,10-13H2,1-4H3/q+1. The molecule has 0 radical (unpaired) electrons. The third-order valence-corrected chi connectivity index (χ3v) is 4.61. The number of benzene rings is 1. The summed E-state index contributed by atoms with van der Waals surface area (Å²) >= 11 is 0. The van der Waals surface area contributed by atoms with Crippen molar-refractivity contribution in [3.05, 3.63) is 35.9 Å². The summed E-state index contributed by atoms with van der Waals surface area (Å²) in [5, 5.41) is 2.16. The van der Waals surface area contributed by atoms with E-state index in [0.29, 0.717) is 17.8 Å². The second-order valence-corrected chi connectivity index (χ2v) is 6.08. The Balaban J connectivity index is 2.38. The molecule has 1 aliphatic rings. The fourth-order valence-electron chi connectivity index (χ4n) is 3.24. The number of quaternary nitrogens is 1. The Morgan fingerprint density at radius 3 is 2.20 bits per heavy atom. The summed E-state index contributed by atoms with van der Waals surface area (Å²) in [5.41, 5.74) is 0.276. The Morgan fingerprint density at radius 1 is 1.15 bits per heavy atom. The maximum absolute atomic E-state index is 13.0. The number of hydrogen-bond donors (Lipinski definition) is 0. The van der Waals surface area contributed by atoms with Gasteiger partial charge in [0.05, 0.1) is 13.2 Å². The normalized spacial score (nSPS) is 19.1. The molecule has 0 aliphatic carbocycles. The summed E-state index contributed by atoms with van der Waals surface area (Å²) in [7, 11) is 4.09. The van der Waals surface area contributed by atoms with Crippen LogP contribution in [0, 0.1) is 0 Å². The van der Waals surface area contributed by atoms with E-state index in [0.717, 1.165) is 18.7 Å². The van der Waals surface area contributed by atoms with Crippen molar-refractivity contribution in [3.8, 4) is 0 Å². The second-order valence-electron chi connectivity index (χ2n) is 6.08. The molecule has 1 saturated heterocycles. The first-order valence-electron chi connectivity index (χ1n) is 7.14. The van der Waals surface area contributed by atoms with Gasteiger partial charge in [-0.3, -0.25) is 4.79 Å². The molecule has 1 aromatic carbocycles. The lowest BCUT2D eigenvalue weighted by Crippen LogP contribution is -2.74. The summed E-state index contributed by atoms with van der Waals surface area (Å²) < 4.78 is 6.14. The topological polar surface area (TPSA) is 29.5 Å². The van der Waals surface area contributed by atoms with E-state index in [-0.39, 0.29) is 5.78 Å². The van der Waals surface area contributed by atoms with Gasteiger partial charge < -0.3 is 4.74 Å². The Bertz CT molecular complexity index is 463. The molecule has 20 heavy (non-hydrogen) atoms. The quantitative estimate of drug-likeness (QED) is 0.622. The fraction of sp³-hybridized carbons (Fsp3) is 0.562. The van der Waals surface area contributed by atoms with Crippen molar-refractivity contribution < 1.29 is 14.1 Å². The highest BCUT2D eigenvalue weighted by Gasteiger charge is 2.52. The van der Waals surface area contributed by atoms with E-state index in [9.17, 15) is 4.79 Å². The van der Waals surface area contributed by atoms with Crippen LogP contribution in [0.1, 0.15) is 24.2 Å². The summed E-state index contributed by atoms with van der Waals surface area (Å²) in [6, 6.07) is 9.58. The number of carbonyl (C=O) groups is 1. The van der Waals surface area contributed by atoms with Crippen LogP contribution in [0.4, 0.5) is 0 Å². The van der Waals surface area contributed by atoms with E-state index in [1.807, 2.05) is 58.3 Å². The second kappa shape index (κ2) is 5.64. The van der Waals surface area contributed by atoms with E-state index < -0.39 is 5.54 Å². The largest absolute Gasteiger partial charge is 0.370 e. The fourth-order valence-corrected chi connectivity index (χ4v) is 3.24. The summed E-state index contributed by atoms with van der Waals surface area (Å²) in [6.45, 7) is 7.16. The van der Waals surface area contributed by atoms with Gasteiger partial charge >= 0.3 is 0 Å². The molecule has 0 unspecified atom stereocenters. The van der Waals surface area contributed by atoms with E-state index in [1.54, 1.807) is 0 Å². The van der Waals surface area contributed by atoms with Gasteiger partial charge in [0.15, 0.2) is 5.54 Å². The lowest BCUT2D eigenvalue weighted by molar-refractivity contribution is -1.06. The summed E-state index contributed by atoms with van der Waals surface area (Å²) in [4.78, 5) is 13.0. The van der Waals surface area contributed by atoms with Crippen molar-refractivity contribution in [1.29, 1.82) is 0 Å². The first-order valence-corrected chi connectivity index (χ1v) is 7.14. The van der Waals surface area contributed by atoms with Gasteiger partial charge in [-0.15, -0.1) is 0 Å². The van der Waals surface area contributed by atoms with Gasteiger partial charge in [-0.1, -0.05) is 30.3 Å². The molecule has 0 aromatic heterocycles. The Labute approximate surface area is 121 Å². The minimum atomic E-state index is -0.505. The zero-order chi connectivity index (χ0) is 14.8. The molecule has 1 fully saturated rings. The number of ketones is 1. The van der Waals surface area contributed by atoms with Gasteiger partial charge in [0.25, 0.3) is 0 Å². The Hall–Kier alpha value is -1.23. The van der Waals surface area contributed by atoms with Crippen molar-refractivity contribution in [2.45, 2.75) is 19.4 Å². The number of hydrogen-bond acceptors (Lipinski definition) is 3. The maximum Gasteiger partial charge on any atom is 0.224 e. The molecular weight excluding hydrogens is 252 g/mol. The van der Waals surface area contributed by atoms with Crippen molar-refractivity contribution >= 4 is 5.78 Å². The Kier molecular flexibility index (Phi) is 4.28. The van der Waals surface area contributed by atoms with Crippen molar-refractivity contribution in [1.82, 2.24) is 5.01 Å². The highest BCUT2D eigenvalue weighted by molar-refractivity contribution is 6.01. The van der Waals surface area contributed by atoms with Crippen LogP contribution < -0.4 is 0 Å². The predicted molar refractivity (Wildman–Crippen MR) is 79.4 cm³/mol. The van der Waals surface area contributed by atoms with E-state index in [1.165, 1.54) is 0 Å². The van der Waals surface area contributed by atoms with Gasteiger partial charge in [-0.25, -0.2) is 4.59 Å². The molecule has 0 N–H and O–H groups in total. The van der Waals surface area contributed by atoms with Gasteiger partial charge in [0, 0.05) is 19.7 Å². The predicted octanol–water partition coefficient (Wildman–Crippen LogP) is 1.97. The third kappa shape index (κ3) is 2.39. The number of nitrogens with zero attached hydrogens (tertiary/aromatic N) is 2. The molecule has 0 atom stereocenters. The molecule has 0 spiro atoms. The number of ether oxygens (including phenoxy) is 1. The molecule has 1 aliphatic heterocycles. The SMILES string of the molecule is CN(C)[N+]1(C(C)(C)C(=O)c2ccccc2)CCOCC1. The van der Waals surface area contributed by atoms with Crippen molar-refractivity contribution in [2.24, 2.45) is 0 Å². The molecule has 110 valence electrons. The van der Waals surface area contributed by atoms with Gasteiger partial charge in [-0.05, 0) is 13.8 Å². The van der Waals surface area contributed by atoms with E-state index in [2.05, 4.69) is 5.01 Å². The molecule has 1 aromatic rings. The van der Waals surface area contributed by atoms with Gasteiger partial charge in [0.2, 0.25) is 5.78 Å². The molecule has 1 heterocycles. The highest BCUT2D eigenvalue weighted by Crippen LogP contribution is 2.31. The molecule has 0 saturated carbocycles. The number of Topliss-reactive ketones (excluding diaryl/α,β-unsaturated/α-hetero) is 1. The lowest BCUT2D eigenvalue weighted by Gasteiger charge is -2.53. The lowest BCUT2D eigenvalue weighted by atomic mass is 9.89. The van der Waals surface area contributed by atoms with Crippen LogP contribution in [-0.4, -0.2) is 61.3 Å². The zero-order valence-corrected chi connectivity index (χ0v) is 12.9. The van der Waals surface area contributed by atoms with Crippen LogP contribution in [0.3, 0.4) is 0 Å². The molecule has 0 amide bonds. The minimum absolute atomic E-state index is 0.189. The van der Waals surface area contributed by atoms with Crippen LogP contribution in [-0.2, 0) is 4.74 Å². The number of rotatable bonds is 4. The van der Waals surface area contributed by atoms with Crippen LogP contribution in [0.15, 0.2) is 30.3 Å². The first-order chi connectivity index (χ1) is 9.42. The molecule has 4 heteroatoms. The maximum atomic E-state index is 13.0. The smallest absolute Gasteiger partial charge is 0.224 e. The van der Waals surface area contributed by atoms with Crippen molar-refractivity contribution in [3.63, 3.8) is 0 Å². The van der Waals surface area contributed by atoms with Crippen molar-refractivity contribution in [2.75, 3.05) is 40.4 Å². The summed E-state index contributed by atoms with van der Waals surface area (Å²) in [6.07, 6.45) is 0. The minimum Gasteiger partial charge on any atom is -0.370 e. The average molecular weight is 277 g/mol. The van der Waals surface area contributed by atoms with Gasteiger partial charge in [0.1, 0.15) is 13.1 Å². The third-order valence-electron chi connectivity index (χ3n) is 4.61. The molecule has 4 nitrogen and oxygen atoms in total. The van der Waals surface area contributed by atoms with Crippen LogP contribution >= 0.6 is 0 Å². The van der Waals surface area contributed by atoms with Crippen LogP contribution in [0.5, 0.6) is 0 Å². The van der Waals surface area contributed by atoms with E-state index >= 15 is 0 Å². The number of carbonyl (C=O) groups excluding carboxylic acids is 1. The first kappa shape index (κ1) is 15.2. The molecule has 2 rings (SSSR count). The Morgan fingerprint density at radius 2 is 1.70 bits per heavy atom. The van der Waals surface area contributed by atoms with Gasteiger partial charge in [-0.2, -0.15) is 5.01 Å². The zero-order valence-electron chi connectivity index (χ0n) is 12.9. The van der Waals surface area contributed by atoms with Crippen LogP contribution in [0.25, 0.3) is 0 Å². The number of morpholine rings is 1. The van der Waals surface area contributed by atoms with E-state index in [4.69, 9.17) is 4.74 Å². The van der Waals surface area contributed by atoms with Crippen LogP contribution in [0.2, 0.25) is 0 Å². The highest BCUT2D eigenvalue weighted by atomic mass is 16.5. The molecule has 0 bridgehead atoms. The summed E-state index contributed by atoms with van der Waals surface area (Å²) in [5.74, 6) is 0.189. The monoisotopic (exact) mass is 277 g/mol.